The highest BCUT2D eigenvalue weighted by molar-refractivity contribution is 6.33. The molecule has 122 valence electrons. The monoisotopic (exact) mass is 344 g/mol. The molecule has 0 atom stereocenters. The minimum atomic E-state index is -1.03. The number of carboxylic acids is 1. The number of halogens is 1. The standard InChI is InChI=1S/C17H13ClN2O4/c1-9-10(7-16(22)23)11-6-15(21)12(18)8-14(11)20(9)17(24)13-4-2-3-5-19-13/h2-6,8,21H,7H2,1H3,(H,22,23). The van der Waals surface area contributed by atoms with Gasteiger partial charge >= 0.3 is 5.97 Å². The third-order valence-corrected chi connectivity index (χ3v) is 4.12. The Hall–Kier alpha value is -2.86. The Morgan fingerprint density at radius 1 is 1.29 bits per heavy atom. The van der Waals surface area contributed by atoms with E-state index >= 15 is 0 Å². The SMILES string of the molecule is Cc1c(CC(=O)O)c2cc(O)c(Cl)cc2n1C(=O)c1ccccn1. The van der Waals surface area contributed by atoms with E-state index in [1.54, 1.807) is 25.1 Å². The first-order chi connectivity index (χ1) is 11.4. The minimum absolute atomic E-state index is 0.0805. The van der Waals surface area contributed by atoms with Gasteiger partial charge in [-0.25, -0.2) is 0 Å². The zero-order valence-corrected chi connectivity index (χ0v) is 13.4. The van der Waals surface area contributed by atoms with Gasteiger partial charge in [0.25, 0.3) is 5.91 Å². The molecule has 24 heavy (non-hydrogen) atoms. The maximum atomic E-state index is 12.8. The lowest BCUT2D eigenvalue weighted by Gasteiger charge is -2.07. The molecule has 0 saturated carbocycles. The van der Waals surface area contributed by atoms with Crippen molar-refractivity contribution in [3.63, 3.8) is 0 Å². The van der Waals surface area contributed by atoms with E-state index in [-0.39, 0.29) is 22.9 Å². The summed E-state index contributed by atoms with van der Waals surface area (Å²) in [5.41, 5.74) is 1.59. The van der Waals surface area contributed by atoms with Crippen LogP contribution in [0.4, 0.5) is 0 Å². The normalized spacial score (nSPS) is 10.9. The van der Waals surface area contributed by atoms with Crippen LogP contribution < -0.4 is 0 Å². The number of pyridine rings is 1. The molecular formula is C17H13ClN2O4. The van der Waals surface area contributed by atoms with Crippen molar-refractivity contribution < 1.29 is 19.8 Å². The van der Waals surface area contributed by atoms with Gasteiger partial charge in [0.05, 0.1) is 17.0 Å². The summed E-state index contributed by atoms with van der Waals surface area (Å²) in [6, 6.07) is 7.80. The molecule has 2 aromatic heterocycles. The number of carbonyl (C=O) groups is 2. The number of nitrogens with zero attached hydrogens (tertiary/aromatic N) is 2. The number of phenols is 1. The molecule has 3 rings (SSSR count). The van der Waals surface area contributed by atoms with E-state index in [0.29, 0.717) is 22.2 Å². The summed E-state index contributed by atoms with van der Waals surface area (Å²) in [4.78, 5) is 28.0. The molecule has 0 spiro atoms. The molecule has 2 N–H and O–H groups in total. The van der Waals surface area contributed by atoms with Gasteiger partial charge in [0.15, 0.2) is 0 Å². The molecule has 0 amide bonds. The molecule has 0 aliphatic heterocycles. The summed E-state index contributed by atoms with van der Waals surface area (Å²) in [5.74, 6) is -1.59. The quantitative estimate of drug-likeness (QED) is 0.762. The predicted octanol–water partition coefficient (Wildman–Crippen LogP) is 3.02. The summed E-state index contributed by atoms with van der Waals surface area (Å²) in [7, 11) is 0. The number of aliphatic carboxylic acids is 1. The van der Waals surface area contributed by atoms with Crippen LogP contribution in [-0.2, 0) is 11.2 Å². The summed E-state index contributed by atoms with van der Waals surface area (Å²) in [6.07, 6.45) is 1.23. The molecule has 1 aromatic carbocycles. The van der Waals surface area contributed by atoms with Crippen LogP contribution in [0.5, 0.6) is 5.75 Å². The number of aromatic nitrogens is 2. The smallest absolute Gasteiger partial charge is 0.307 e. The Morgan fingerprint density at radius 3 is 2.67 bits per heavy atom. The maximum Gasteiger partial charge on any atom is 0.307 e. The lowest BCUT2D eigenvalue weighted by atomic mass is 10.1. The molecular weight excluding hydrogens is 332 g/mol. The summed E-state index contributed by atoms with van der Waals surface area (Å²) < 4.78 is 1.38. The van der Waals surface area contributed by atoms with Gasteiger partial charge in [-0.3, -0.25) is 19.1 Å². The Kier molecular flexibility index (Phi) is 3.99. The molecule has 3 aromatic rings. The molecule has 0 fully saturated rings. The molecule has 2 heterocycles. The fraction of sp³-hybridized carbons (Fsp3) is 0.118. The third kappa shape index (κ3) is 2.61. The number of carbonyl (C=O) groups excluding carboxylic acids is 1. The van der Waals surface area contributed by atoms with Crippen LogP contribution in [0, 0.1) is 6.92 Å². The van der Waals surface area contributed by atoms with Crippen molar-refractivity contribution in [2.75, 3.05) is 0 Å². The van der Waals surface area contributed by atoms with Gasteiger partial charge in [-0.2, -0.15) is 0 Å². The average molecular weight is 345 g/mol. The summed E-state index contributed by atoms with van der Waals surface area (Å²) >= 11 is 5.97. The van der Waals surface area contributed by atoms with Crippen LogP contribution in [-0.4, -0.2) is 31.6 Å². The van der Waals surface area contributed by atoms with Gasteiger partial charge in [-0.15, -0.1) is 0 Å². The highest BCUT2D eigenvalue weighted by Gasteiger charge is 2.23. The van der Waals surface area contributed by atoms with E-state index in [9.17, 15) is 14.7 Å². The first kappa shape index (κ1) is 16.0. The van der Waals surface area contributed by atoms with Gasteiger partial charge in [0, 0.05) is 17.3 Å². The van der Waals surface area contributed by atoms with Crippen molar-refractivity contribution in [2.45, 2.75) is 13.3 Å². The van der Waals surface area contributed by atoms with Gasteiger partial charge in [0.2, 0.25) is 0 Å². The van der Waals surface area contributed by atoms with Crippen LogP contribution in [0.15, 0.2) is 36.5 Å². The topological polar surface area (TPSA) is 92.4 Å². The lowest BCUT2D eigenvalue weighted by molar-refractivity contribution is -0.136. The van der Waals surface area contributed by atoms with Crippen LogP contribution in [0.3, 0.4) is 0 Å². The number of carboxylic acid groups (broad SMARTS) is 1. The number of benzene rings is 1. The van der Waals surface area contributed by atoms with Gasteiger partial charge < -0.3 is 10.2 Å². The molecule has 7 heteroatoms. The summed E-state index contributed by atoms with van der Waals surface area (Å²) in [5, 5.41) is 19.5. The number of phenolic OH excluding ortho intramolecular Hbond substituents is 1. The first-order valence-corrected chi connectivity index (χ1v) is 7.48. The van der Waals surface area contributed by atoms with Crippen molar-refractivity contribution in [2.24, 2.45) is 0 Å². The zero-order valence-electron chi connectivity index (χ0n) is 12.7. The number of rotatable bonds is 3. The van der Waals surface area contributed by atoms with Crippen LogP contribution in [0.25, 0.3) is 10.9 Å². The van der Waals surface area contributed by atoms with Crippen LogP contribution in [0.1, 0.15) is 21.7 Å². The molecule has 0 aliphatic carbocycles. The average Bonchev–Trinajstić information content (AvgIpc) is 2.80. The molecule has 0 bridgehead atoms. The van der Waals surface area contributed by atoms with E-state index < -0.39 is 11.9 Å². The van der Waals surface area contributed by atoms with E-state index in [0.717, 1.165) is 0 Å². The van der Waals surface area contributed by atoms with Gasteiger partial charge in [-0.1, -0.05) is 17.7 Å². The number of hydrogen-bond donors (Lipinski definition) is 2. The zero-order chi connectivity index (χ0) is 17.4. The number of fused-ring (bicyclic) bond motifs is 1. The number of aromatic hydroxyl groups is 1. The number of hydrogen-bond acceptors (Lipinski definition) is 4. The molecule has 6 nitrogen and oxygen atoms in total. The van der Waals surface area contributed by atoms with Crippen molar-refractivity contribution in [1.82, 2.24) is 9.55 Å². The van der Waals surface area contributed by atoms with Crippen molar-refractivity contribution >= 4 is 34.4 Å². The van der Waals surface area contributed by atoms with Crippen molar-refractivity contribution in [3.8, 4) is 5.75 Å². The Morgan fingerprint density at radius 2 is 2.04 bits per heavy atom. The highest BCUT2D eigenvalue weighted by Crippen LogP contribution is 2.34. The second-order valence-corrected chi connectivity index (χ2v) is 5.72. The van der Waals surface area contributed by atoms with E-state index in [4.69, 9.17) is 16.7 Å². The summed E-state index contributed by atoms with van der Waals surface area (Å²) in [6.45, 7) is 1.66. The maximum absolute atomic E-state index is 12.8. The van der Waals surface area contributed by atoms with E-state index in [2.05, 4.69) is 4.98 Å². The molecule has 0 aliphatic rings. The highest BCUT2D eigenvalue weighted by atomic mass is 35.5. The molecule has 0 saturated heterocycles. The first-order valence-electron chi connectivity index (χ1n) is 7.10. The molecule has 0 radical (unpaired) electrons. The van der Waals surface area contributed by atoms with Crippen LogP contribution >= 0.6 is 11.6 Å². The van der Waals surface area contributed by atoms with E-state index in [1.807, 2.05) is 0 Å². The minimum Gasteiger partial charge on any atom is -0.506 e. The van der Waals surface area contributed by atoms with E-state index in [1.165, 1.54) is 22.9 Å². The Bertz CT molecular complexity index is 964. The molecule has 0 unspecified atom stereocenters. The largest absolute Gasteiger partial charge is 0.506 e. The lowest BCUT2D eigenvalue weighted by Crippen LogP contribution is -2.15. The predicted molar refractivity (Wildman–Crippen MR) is 88.7 cm³/mol. The fourth-order valence-corrected chi connectivity index (χ4v) is 2.89. The second-order valence-electron chi connectivity index (χ2n) is 5.31. The second kappa shape index (κ2) is 5.98. The Balaban J connectivity index is 2.31. The third-order valence-electron chi connectivity index (χ3n) is 3.82. The van der Waals surface area contributed by atoms with Crippen molar-refractivity contribution in [1.29, 1.82) is 0 Å². The van der Waals surface area contributed by atoms with Crippen LogP contribution in [0.2, 0.25) is 5.02 Å². The van der Waals surface area contributed by atoms with Crippen molar-refractivity contribution in [3.05, 3.63) is 58.5 Å². The fourth-order valence-electron chi connectivity index (χ4n) is 2.73. The van der Waals surface area contributed by atoms with Gasteiger partial charge in [0.1, 0.15) is 11.4 Å². The van der Waals surface area contributed by atoms with Gasteiger partial charge in [-0.05, 0) is 36.8 Å². The Labute approximate surface area is 141 Å².